The van der Waals surface area contributed by atoms with Gasteiger partial charge < -0.3 is 10.1 Å². The average molecular weight is 377 g/mol. The van der Waals surface area contributed by atoms with Gasteiger partial charge in [-0.15, -0.1) is 0 Å². The van der Waals surface area contributed by atoms with Crippen LogP contribution in [0.3, 0.4) is 0 Å². The fourth-order valence-corrected chi connectivity index (χ4v) is 2.62. The second kappa shape index (κ2) is 8.08. The minimum absolute atomic E-state index is 0.0707. The van der Waals surface area contributed by atoms with Crippen molar-refractivity contribution in [2.45, 2.75) is 26.4 Å². The normalized spacial score (nSPS) is 14.0. The van der Waals surface area contributed by atoms with Gasteiger partial charge in [-0.05, 0) is 32.9 Å². The fourth-order valence-electron chi connectivity index (χ4n) is 2.62. The third-order valence-electron chi connectivity index (χ3n) is 3.90. The van der Waals surface area contributed by atoms with Gasteiger partial charge in [0.15, 0.2) is 5.78 Å². The van der Waals surface area contributed by atoms with Crippen molar-refractivity contribution in [2.75, 3.05) is 11.9 Å². The largest absolute Gasteiger partial charge is 0.443 e. The third-order valence-corrected chi connectivity index (χ3v) is 3.90. The molecule has 1 N–H and O–H groups in total. The van der Waals surface area contributed by atoms with E-state index in [-0.39, 0.29) is 12.3 Å². The summed E-state index contributed by atoms with van der Waals surface area (Å²) in [5.41, 5.74) is 1.07. The highest BCUT2D eigenvalue weighted by Crippen LogP contribution is 2.19. The number of hydrogen-bond donors (Lipinski definition) is 1. The van der Waals surface area contributed by atoms with Crippen LogP contribution in [-0.2, 0) is 4.74 Å². The molecule has 0 bridgehead atoms. The van der Waals surface area contributed by atoms with Crippen molar-refractivity contribution >= 4 is 23.5 Å². The maximum atomic E-state index is 12.8. The first kappa shape index (κ1) is 19.4. The van der Waals surface area contributed by atoms with E-state index in [9.17, 15) is 9.59 Å². The van der Waals surface area contributed by atoms with Crippen molar-refractivity contribution < 1.29 is 14.3 Å². The summed E-state index contributed by atoms with van der Waals surface area (Å²) in [5, 5.41) is 3.12. The summed E-state index contributed by atoms with van der Waals surface area (Å²) in [6, 6.07) is 18.3. The Kier molecular flexibility index (Phi) is 5.59. The van der Waals surface area contributed by atoms with Crippen LogP contribution in [0.15, 0.2) is 77.4 Å². The Bertz CT molecular complexity index is 913. The molecular formula is C22H23N3O3. The number of rotatable bonds is 3. The second-order valence-electron chi connectivity index (χ2n) is 7.36. The Hall–Kier alpha value is -3.41. The van der Waals surface area contributed by atoms with E-state index in [1.165, 1.54) is 11.1 Å². The number of amides is 1. The van der Waals surface area contributed by atoms with Crippen LogP contribution in [0.2, 0.25) is 0 Å². The van der Waals surface area contributed by atoms with Crippen molar-refractivity contribution in [1.82, 2.24) is 4.90 Å². The predicted octanol–water partition coefficient (Wildman–Crippen LogP) is 4.47. The molecule has 0 aliphatic carbocycles. The Morgan fingerprint density at radius 1 is 1.00 bits per heavy atom. The molecule has 3 rings (SSSR count). The molecule has 1 aliphatic rings. The van der Waals surface area contributed by atoms with Crippen LogP contribution in [0, 0.1) is 0 Å². The van der Waals surface area contributed by atoms with Crippen LogP contribution >= 0.6 is 0 Å². The molecule has 1 aliphatic heterocycles. The Morgan fingerprint density at radius 2 is 1.61 bits per heavy atom. The van der Waals surface area contributed by atoms with Crippen LogP contribution < -0.4 is 5.32 Å². The number of carbonyl (C=O) groups is 2. The van der Waals surface area contributed by atoms with Gasteiger partial charge in [0.05, 0.1) is 6.54 Å². The zero-order chi connectivity index (χ0) is 20.1. The lowest BCUT2D eigenvalue weighted by molar-refractivity contribution is 0.0379. The van der Waals surface area contributed by atoms with Gasteiger partial charge >= 0.3 is 6.09 Å². The van der Waals surface area contributed by atoms with Crippen LogP contribution in [-0.4, -0.2) is 34.9 Å². The molecule has 0 atom stereocenters. The number of anilines is 1. The molecule has 0 radical (unpaired) electrons. The van der Waals surface area contributed by atoms with Crippen LogP contribution in [0.5, 0.6) is 0 Å². The molecule has 28 heavy (non-hydrogen) atoms. The van der Waals surface area contributed by atoms with Crippen molar-refractivity contribution in [3.05, 3.63) is 78.0 Å². The SMILES string of the molecule is CC(C)(C)OC(=O)N1CC(C(=O)c2ccccc2)=CN=C1Nc1ccccc1. The van der Waals surface area contributed by atoms with E-state index >= 15 is 0 Å². The molecule has 0 aromatic heterocycles. The summed E-state index contributed by atoms with van der Waals surface area (Å²) in [7, 11) is 0. The fraction of sp³-hybridized carbons (Fsp3) is 0.227. The lowest BCUT2D eigenvalue weighted by Gasteiger charge is -2.30. The van der Waals surface area contributed by atoms with Gasteiger partial charge in [0.1, 0.15) is 5.60 Å². The molecule has 0 saturated heterocycles. The molecule has 2 aromatic rings. The quantitative estimate of drug-likeness (QED) is 0.801. The first-order chi connectivity index (χ1) is 13.3. The minimum Gasteiger partial charge on any atom is -0.443 e. The van der Waals surface area contributed by atoms with Gasteiger partial charge in [-0.3, -0.25) is 4.79 Å². The van der Waals surface area contributed by atoms with E-state index < -0.39 is 11.7 Å². The summed E-state index contributed by atoms with van der Waals surface area (Å²) in [5.74, 6) is 0.140. The lowest BCUT2D eigenvalue weighted by atomic mass is 10.0. The number of hydrogen-bond acceptors (Lipinski definition) is 5. The second-order valence-corrected chi connectivity index (χ2v) is 7.36. The van der Waals surface area contributed by atoms with Crippen molar-refractivity contribution in [3.8, 4) is 0 Å². The van der Waals surface area contributed by atoms with Gasteiger partial charge in [0.25, 0.3) is 0 Å². The highest BCUT2D eigenvalue weighted by Gasteiger charge is 2.30. The molecule has 0 unspecified atom stereocenters. The third kappa shape index (κ3) is 4.85. The molecule has 6 nitrogen and oxygen atoms in total. The number of ketones is 1. The number of aliphatic imine (C=N–C) groups is 1. The summed E-state index contributed by atoms with van der Waals surface area (Å²) >= 11 is 0. The highest BCUT2D eigenvalue weighted by molar-refractivity contribution is 6.12. The standard InChI is InChI=1S/C22H23N3O3/c1-22(2,3)28-21(27)25-15-17(19(26)16-10-6-4-7-11-16)14-23-20(25)24-18-12-8-5-9-13-18/h4-14H,15H2,1-3H3,(H,23,24). The number of nitrogens with one attached hydrogen (secondary N) is 1. The zero-order valence-corrected chi connectivity index (χ0v) is 16.2. The van der Waals surface area contributed by atoms with E-state index in [1.54, 1.807) is 45.0 Å². The molecular weight excluding hydrogens is 354 g/mol. The van der Waals surface area contributed by atoms with Crippen LogP contribution in [0.1, 0.15) is 31.1 Å². The number of carbonyl (C=O) groups excluding carboxylic acids is 2. The summed E-state index contributed by atoms with van der Waals surface area (Å²) in [6.45, 7) is 5.45. The first-order valence-corrected chi connectivity index (χ1v) is 9.03. The highest BCUT2D eigenvalue weighted by atomic mass is 16.6. The van der Waals surface area contributed by atoms with Gasteiger partial charge in [0, 0.05) is 23.0 Å². The van der Waals surface area contributed by atoms with Crippen molar-refractivity contribution in [2.24, 2.45) is 4.99 Å². The molecule has 0 saturated carbocycles. The predicted molar refractivity (Wildman–Crippen MR) is 109 cm³/mol. The minimum atomic E-state index is -0.667. The van der Waals surface area contributed by atoms with Crippen LogP contribution in [0.4, 0.5) is 10.5 Å². The molecule has 144 valence electrons. The molecule has 0 spiro atoms. The Labute approximate surface area is 164 Å². The topological polar surface area (TPSA) is 71.0 Å². The van der Waals surface area contributed by atoms with Crippen molar-refractivity contribution in [1.29, 1.82) is 0 Å². The molecule has 1 amide bonds. The van der Waals surface area contributed by atoms with Crippen LogP contribution in [0.25, 0.3) is 0 Å². The molecule has 2 aromatic carbocycles. The number of para-hydroxylation sites is 1. The Morgan fingerprint density at radius 3 is 2.21 bits per heavy atom. The van der Waals surface area contributed by atoms with Gasteiger partial charge in [-0.1, -0.05) is 48.5 Å². The molecule has 1 heterocycles. The number of nitrogens with zero attached hydrogens (tertiary/aromatic N) is 2. The van der Waals surface area contributed by atoms with E-state index in [0.717, 1.165) is 5.69 Å². The van der Waals surface area contributed by atoms with Crippen molar-refractivity contribution in [3.63, 3.8) is 0 Å². The van der Waals surface area contributed by atoms with E-state index in [1.807, 2.05) is 36.4 Å². The van der Waals surface area contributed by atoms with Gasteiger partial charge in [-0.2, -0.15) is 0 Å². The summed E-state index contributed by atoms with van der Waals surface area (Å²) < 4.78 is 5.51. The number of guanidine groups is 1. The van der Waals surface area contributed by atoms with E-state index in [4.69, 9.17) is 4.74 Å². The monoisotopic (exact) mass is 377 g/mol. The first-order valence-electron chi connectivity index (χ1n) is 9.03. The Balaban J connectivity index is 1.89. The number of ether oxygens (including phenoxy) is 1. The summed E-state index contributed by atoms with van der Waals surface area (Å²) in [6.07, 6.45) is 0.933. The number of Topliss-reactive ketones (excluding diaryl/α,β-unsaturated/α-hetero) is 1. The average Bonchev–Trinajstić information content (AvgIpc) is 2.68. The van der Waals surface area contributed by atoms with Gasteiger partial charge in [0.2, 0.25) is 5.96 Å². The smallest absolute Gasteiger partial charge is 0.417 e. The zero-order valence-electron chi connectivity index (χ0n) is 16.2. The maximum absolute atomic E-state index is 12.8. The van der Waals surface area contributed by atoms with Gasteiger partial charge in [-0.25, -0.2) is 14.7 Å². The summed E-state index contributed by atoms with van der Waals surface area (Å²) in [4.78, 5) is 31.2. The van der Waals surface area contributed by atoms with E-state index in [0.29, 0.717) is 17.1 Å². The van der Waals surface area contributed by atoms with E-state index in [2.05, 4.69) is 10.3 Å². The lowest BCUT2D eigenvalue weighted by Crippen LogP contribution is -2.46. The maximum Gasteiger partial charge on any atom is 0.417 e. The number of benzene rings is 2. The molecule has 0 fully saturated rings. The molecule has 6 heteroatoms.